The lowest BCUT2D eigenvalue weighted by molar-refractivity contribution is -0.00487. The molecular weight excluding hydrogens is 255 g/mol. The lowest BCUT2D eigenvalue weighted by Gasteiger charge is -2.18. The van der Waals surface area contributed by atoms with Gasteiger partial charge in [0, 0.05) is 0 Å². The summed E-state index contributed by atoms with van der Waals surface area (Å²) < 4.78 is 11.6. The predicted molar refractivity (Wildman–Crippen MR) is 53.3 cm³/mol. The zero-order valence-corrected chi connectivity index (χ0v) is 9.21. The lowest BCUT2D eigenvalue weighted by atomic mass is 10.3. The highest BCUT2D eigenvalue weighted by Crippen LogP contribution is 2.19. The van der Waals surface area contributed by atoms with Crippen LogP contribution in [0.5, 0.6) is 0 Å². The average molecular weight is 270 g/mol. The maximum Gasteiger partial charge on any atom is 0.0951 e. The first kappa shape index (κ1) is 9.74. The largest absolute Gasteiger partial charge is 0.378 e. The minimum absolute atomic E-state index is 0.325. The molecule has 11 heavy (non-hydrogen) atoms. The van der Waals surface area contributed by atoms with Gasteiger partial charge in [-0.25, -0.2) is 0 Å². The maximum atomic E-state index is 5.74. The predicted octanol–water partition coefficient (Wildman–Crippen LogP) is 2.00. The molecular formula is C8H15IO2. The molecule has 0 aromatic rings. The number of ether oxygens (including phenoxy) is 2. The minimum atomic E-state index is 0.325. The summed E-state index contributed by atoms with van der Waals surface area (Å²) in [5.74, 6) is 0. The van der Waals surface area contributed by atoms with E-state index in [0.717, 1.165) is 19.6 Å². The van der Waals surface area contributed by atoms with Gasteiger partial charge < -0.3 is 9.47 Å². The normalized spacial score (nSPS) is 34.1. The van der Waals surface area contributed by atoms with Gasteiger partial charge in [0.1, 0.15) is 0 Å². The zero-order chi connectivity index (χ0) is 8.27. The summed E-state index contributed by atoms with van der Waals surface area (Å²) in [5, 5.41) is 0. The summed E-state index contributed by atoms with van der Waals surface area (Å²) in [7, 11) is 0. The fraction of sp³-hybridized carbons (Fsp3) is 1.00. The van der Waals surface area contributed by atoms with Crippen LogP contribution in [0.25, 0.3) is 0 Å². The maximum absolute atomic E-state index is 5.74. The molecule has 0 aromatic carbocycles. The molecule has 0 bridgehead atoms. The lowest BCUT2D eigenvalue weighted by Crippen LogP contribution is -2.26. The molecule has 1 rings (SSSR count). The van der Waals surface area contributed by atoms with Crippen LogP contribution in [0, 0.1) is 0 Å². The molecule has 0 N–H and O–H groups in total. The Labute approximate surface area is 81.8 Å². The van der Waals surface area contributed by atoms with Crippen molar-refractivity contribution in [2.24, 2.45) is 0 Å². The van der Waals surface area contributed by atoms with Crippen LogP contribution in [0.3, 0.4) is 0 Å². The van der Waals surface area contributed by atoms with Crippen molar-refractivity contribution < 1.29 is 9.47 Å². The summed E-state index contributed by atoms with van der Waals surface area (Å²) in [6.07, 6.45) is 1.78. The summed E-state index contributed by atoms with van der Waals surface area (Å²) in [6, 6.07) is 0. The van der Waals surface area contributed by atoms with Crippen molar-refractivity contribution in [3.63, 3.8) is 0 Å². The highest BCUT2D eigenvalue weighted by molar-refractivity contribution is 14.1. The van der Waals surface area contributed by atoms with Crippen molar-refractivity contribution >= 4 is 22.6 Å². The summed E-state index contributed by atoms with van der Waals surface area (Å²) >= 11 is 2.39. The molecule has 0 saturated carbocycles. The smallest absolute Gasteiger partial charge is 0.0951 e. The van der Waals surface area contributed by atoms with Crippen LogP contribution in [0.15, 0.2) is 0 Å². The topological polar surface area (TPSA) is 18.5 Å². The van der Waals surface area contributed by atoms with Gasteiger partial charge in [0.25, 0.3) is 0 Å². The Morgan fingerprint density at radius 3 is 2.82 bits per heavy atom. The van der Waals surface area contributed by atoms with E-state index in [-0.39, 0.29) is 0 Å². The number of hydrogen-bond donors (Lipinski definition) is 0. The van der Waals surface area contributed by atoms with Crippen molar-refractivity contribution in [3.05, 3.63) is 0 Å². The SMILES string of the molecule is CCC(C)OC1COCC1I. The molecule has 1 fully saturated rings. The van der Waals surface area contributed by atoms with E-state index < -0.39 is 0 Å². The fourth-order valence-electron chi connectivity index (χ4n) is 1.03. The monoisotopic (exact) mass is 270 g/mol. The Hall–Kier alpha value is 0.650. The molecule has 0 amide bonds. The van der Waals surface area contributed by atoms with Crippen LogP contribution in [0.1, 0.15) is 20.3 Å². The van der Waals surface area contributed by atoms with Crippen LogP contribution < -0.4 is 0 Å². The molecule has 3 unspecified atom stereocenters. The molecule has 0 aliphatic carbocycles. The highest BCUT2D eigenvalue weighted by atomic mass is 127. The third kappa shape index (κ3) is 2.87. The van der Waals surface area contributed by atoms with Gasteiger partial charge in [-0.05, 0) is 13.3 Å². The molecule has 1 aliphatic heterocycles. The van der Waals surface area contributed by atoms with Crippen molar-refractivity contribution in [1.29, 1.82) is 0 Å². The van der Waals surface area contributed by atoms with Gasteiger partial charge >= 0.3 is 0 Å². The average Bonchev–Trinajstić information content (AvgIpc) is 2.37. The van der Waals surface area contributed by atoms with E-state index in [9.17, 15) is 0 Å². The Morgan fingerprint density at radius 2 is 2.36 bits per heavy atom. The van der Waals surface area contributed by atoms with Crippen LogP contribution >= 0.6 is 22.6 Å². The van der Waals surface area contributed by atoms with E-state index >= 15 is 0 Å². The Balaban J connectivity index is 2.24. The fourth-order valence-corrected chi connectivity index (χ4v) is 1.66. The molecule has 1 saturated heterocycles. The first-order valence-electron chi connectivity index (χ1n) is 4.11. The Bertz CT molecular complexity index is 119. The third-order valence-electron chi connectivity index (χ3n) is 1.94. The minimum Gasteiger partial charge on any atom is -0.378 e. The first-order chi connectivity index (χ1) is 5.24. The van der Waals surface area contributed by atoms with Crippen molar-refractivity contribution in [3.8, 4) is 0 Å². The highest BCUT2D eigenvalue weighted by Gasteiger charge is 2.27. The molecule has 3 atom stereocenters. The van der Waals surface area contributed by atoms with E-state index in [1.165, 1.54) is 0 Å². The van der Waals surface area contributed by atoms with Gasteiger partial charge in [-0.15, -0.1) is 0 Å². The molecule has 1 aliphatic rings. The standard InChI is InChI=1S/C8H15IO2/c1-3-6(2)11-8-5-10-4-7(8)9/h6-8H,3-5H2,1-2H3. The zero-order valence-electron chi connectivity index (χ0n) is 7.05. The summed E-state index contributed by atoms with van der Waals surface area (Å²) in [6.45, 7) is 5.88. The Morgan fingerprint density at radius 1 is 1.64 bits per heavy atom. The van der Waals surface area contributed by atoms with Gasteiger partial charge in [-0.3, -0.25) is 0 Å². The molecule has 1 heterocycles. The van der Waals surface area contributed by atoms with Gasteiger partial charge in [-0.1, -0.05) is 29.5 Å². The van der Waals surface area contributed by atoms with Crippen molar-refractivity contribution in [1.82, 2.24) is 0 Å². The second-order valence-corrected chi connectivity index (χ2v) is 4.55. The van der Waals surface area contributed by atoms with E-state index in [1.807, 2.05) is 0 Å². The van der Waals surface area contributed by atoms with E-state index in [4.69, 9.17) is 9.47 Å². The van der Waals surface area contributed by atoms with Crippen molar-refractivity contribution in [2.45, 2.75) is 36.4 Å². The second kappa shape index (κ2) is 4.62. The molecule has 0 radical (unpaired) electrons. The van der Waals surface area contributed by atoms with E-state index in [2.05, 4.69) is 36.4 Å². The molecule has 3 heteroatoms. The van der Waals surface area contributed by atoms with Crippen molar-refractivity contribution in [2.75, 3.05) is 13.2 Å². The van der Waals surface area contributed by atoms with Crippen LogP contribution in [0.4, 0.5) is 0 Å². The molecule has 66 valence electrons. The van der Waals surface area contributed by atoms with Crippen LogP contribution in [0.2, 0.25) is 0 Å². The second-order valence-electron chi connectivity index (χ2n) is 2.95. The Kier molecular flexibility index (Phi) is 4.09. The molecule has 2 nitrogen and oxygen atoms in total. The third-order valence-corrected chi connectivity index (χ3v) is 3.11. The van der Waals surface area contributed by atoms with Crippen LogP contribution in [-0.4, -0.2) is 29.3 Å². The number of alkyl halides is 1. The summed E-state index contributed by atoms with van der Waals surface area (Å²) in [5.41, 5.74) is 0. The quantitative estimate of drug-likeness (QED) is 0.577. The number of halogens is 1. The summed E-state index contributed by atoms with van der Waals surface area (Å²) in [4.78, 5) is 0. The molecule has 0 spiro atoms. The van der Waals surface area contributed by atoms with Gasteiger partial charge in [-0.2, -0.15) is 0 Å². The first-order valence-corrected chi connectivity index (χ1v) is 5.36. The van der Waals surface area contributed by atoms with E-state index in [0.29, 0.717) is 16.1 Å². The molecule has 0 aromatic heterocycles. The van der Waals surface area contributed by atoms with E-state index in [1.54, 1.807) is 0 Å². The van der Waals surface area contributed by atoms with Gasteiger partial charge in [0.2, 0.25) is 0 Å². The van der Waals surface area contributed by atoms with Gasteiger partial charge in [0.05, 0.1) is 29.3 Å². The number of hydrogen-bond acceptors (Lipinski definition) is 2. The van der Waals surface area contributed by atoms with Crippen LogP contribution in [-0.2, 0) is 9.47 Å². The van der Waals surface area contributed by atoms with Gasteiger partial charge in [0.15, 0.2) is 0 Å². The number of rotatable bonds is 3.